The summed E-state index contributed by atoms with van der Waals surface area (Å²) in [6.07, 6.45) is 3.87. The van der Waals surface area contributed by atoms with Crippen LogP contribution in [0.2, 0.25) is 0 Å². The molecule has 0 bridgehead atoms. The van der Waals surface area contributed by atoms with E-state index in [2.05, 4.69) is 62.5 Å². The number of anilines is 3. The summed E-state index contributed by atoms with van der Waals surface area (Å²) < 4.78 is 25.6. The number of H-pyrrole nitrogens is 1. The summed E-state index contributed by atoms with van der Waals surface area (Å²) in [4.78, 5) is 19.8. The number of likely N-dealkylation sites (N-methyl/N-ethyl adjacent to an activating group) is 1. The molecule has 1 aromatic carbocycles. The van der Waals surface area contributed by atoms with Crippen LogP contribution < -0.4 is 10.2 Å². The van der Waals surface area contributed by atoms with E-state index in [9.17, 15) is 8.42 Å². The third kappa shape index (κ3) is 4.59. The molecule has 0 unspecified atom stereocenters. The topological polar surface area (TPSA) is 97.5 Å². The van der Waals surface area contributed by atoms with E-state index in [0.717, 1.165) is 65.5 Å². The average molecular weight is 524 g/mol. The van der Waals surface area contributed by atoms with E-state index in [-0.39, 0.29) is 0 Å². The van der Waals surface area contributed by atoms with Gasteiger partial charge in [-0.25, -0.2) is 13.4 Å². The van der Waals surface area contributed by atoms with Crippen LogP contribution in [0.1, 0.15) is 10.4 Å². The van der Waals surface area contributed by atoms with Crippen molar-refractivity contribution >= 4 is 49.7 Å². The lowest BCUT2D eigenvalue weighted by Gasteiger charge is -2.34. The highest BCUT2D eigenvalue weighted by Gasteiger charge is 2.26. The Labute approximate surface area is 214 Å². The second-order valence-corrected chi connectivity index (χ2v) is 12.6. The average Bonchev–Trinajstić information content (AvgIpc) is 3.50. The summed E-state index contributed by atoms with van der Waals surface area (Å²) in [5.41, 5.74) is 4.83. The minimum Gasteiger partial charge on any atom is -0.369 e. The first-order chi connectivity index (χ1) is 17.3. The van der Waals surface area contributed by atoms with Crippen molar-refractivity contribution in [2.24, 2.45) is 0 Å². The summed E-state index contributed by atoms with van der Waals surface area (Å²) in [5.74, 6) is 0.524. The molecule has 1 saturated heterocycles. The molecule has 6 rings (SSSR count). The van der Waals surface area contributed by atoms with Gasteiger partial charge in [-0.1, -0.05) is 0 Å². The molecule has 0 aliphatic carbocycles. The van der Waals surface area contributed by atoms with Crippen LogP contribution in [-0.4, -0.2) is 78.6 Å². The monoisotopic (exact) mass is 523 g/mol. The van der Waals surface area contributed by atoms with Crippen molar-refractivity contribution in [1.82, 2.24) is 24.2 Å². The Morgan fingerprint density at radius 3 is 2.56 bits per heavy atom. The summed E-state index contributed by atoms with van der Waals surface area (Å²) in [6, 6.07) is 12.5. The van der Waals surface area contributed by atoms with Crippen molar-refractivity contribution < 1.29 is 8.42 Å². The van der Waals surface area contributed by atoms with Gasteiger partial charge in [-0.15, -0.1) is 11.3 Å². The maximum atomic E-state index is 12.0. The Kier molecular flexibility index (Phi) is 5.95. The van der Waals surface area contributed by atoms with Crippen molar-refractivity contribution in [3.63, 3.8) is 0 Å². The van der Waals surface area contributed by atoms with E-state index in [0.29, 0.717) is 19.0 Å². The quantitative estimate of drug-likeness (QED) is 0.413. The lowest BCUT2D eigenvalue weighted by molar-refractivity contribution is 0.313. The number of piperazine rings is 1. The SMILES string of the molecule is CN1CCN(c2ccc(Nc3nc(-c4cc5c(s4)CCN(S(C)(=O)=O)C5)c4cc[nH]c4n3)cc2)CC1. The van der Waals surface area contributed by atoms with Gasteiger partial charge in [0, 0.05) is 67.1 Å². The first-order valence-electron chi connectivity index (χ1n) is 12.1. The smallest absolute Gasteiger partial charge is 0.229 e. The van der Waals surface area contributed by atoms with Gasteiger partial charge in [0.25, 0.3) is 0 Å². The summed E-state index contributed by atoms with van der Waals surface area (Å²) in [6.45, 7) is 5.15. The second-order valence-electron chi connectivity index (χ2n) is 9.50. The summed E-state index contributed by atoms with van der Waals surface area (Å²) in [5, 5.41) is 4.32. The van der Waals surface area contributed by atoms with E-state index < -0.39 is 10.0 Å². The molecule has 4 aromatic rings. The van der Waals surface area contributed by atoms with Crippen LogP contribution in [0, 0.1) is 0 Å². The number of rotatable bonds is 5. The van der Waals surface area contributed by atoms with Gasteiger partial charge in [0.2, 0.25) is 16.0 Å². The molecule has 2 aliphatic rings. The van der Waals surface area contributed by atoms with E-state index in [1.165, 1.54) is 21.1 Å². The minimum atomic E-state index is -3.21. The molecule has 2 aliphatic heterocycles. The summed E-state index contributed by atoms with van der Waals surface area (Å²) >= 11 is 1.69. The molecule has 188 valence electrons. The van der Waals surface area contributed by atoms with Crippen LogP contribution in [0.5, 0.6) is 0 Å². The van der Waals surface area contributed by atoms with Crippen molar-refractivity contribution in [3.8, 4) is 10.6 Å². The number of hydrogen-bond donors (Lipinski definition) is 2. The number of hydrogen-bond acceptors (Lipinski definition) is 8. The van der Waals surface area contributed by atoms with Crippen LogP contribution in [-0.2, 0) is 23.0 Å². The zero-order valence-corrected chi connectivity index (χ0v) is 22.0. The van der Waals surface area contributed by atoms with Crippen molar-refractivity contribution in [2.75, 3.05) is 56.2 Å². The van der Waals surface area contributed by atoms with Crippen LogP contribution in [0.4, 0.5) is 17.3 Å². The molecular weight excluding hydrogens is 494 g/mol. The van der Waals surface area contributed by atoms with Gasteiger partial charge in [-0.3, -0.25) is 0 Å². The van der Waals surface area contributed by atoms with Crippen molar-refractivity contribution in [3.05, 3.63) is 53.0 Å². The molecule has 5 heterocycles. The van der Waals surface area contributed by atoms with Crippen molar-refractivity contribution in [2.45, 2.75) is 13.0 Å². The molecule has 0 spiro atoms. The van der Waals surface area contributed by atoms with Gasteiger partial charge in [-0.2, -0.15) is 9.29 Å². The fourth-order valence-corrected chi connectivity index (χ4v) is 6.80. The number of aromatic amines is 1. The normalized spacial score (nSPS) is 17.4. The van der Waals surface area contributed by atoms with Gasteiger partial charge in [0.1, 0.15) is 5.65 Å². The molecule has 0 saturated carbocycles. The van der Waals surface area contributed by atoms with Crippen LogP contribution in [0.15, 0.2) is 42.6 Å². The molecule has 0 atom stereocenters. The molecule has 36 heavy (non-hydrogen) atoms. The third-order valence-corrected chi connectivity index (χ3v) is 9.44. The number of aromatic nitrogens is 3. The van der Waals surface area contributed by atoms with Crippen LogP contribution in [0.3, 0.4) is 0 Å². The minimum absolute atomic E-state index is 0.413. The Balaban J connectivity index is 1.27. The highest BCUT2D eigenvalue weighted by molar-refractivity contribution is 7.88. The highest BCUT2D eigenvalue weighted by Crippen LogP contribution is 2.37. The van der Waals surface area contributed by atoms with E-state index in [1.54, 1.807) is 11.3 Å². The van der Waals surface area contributed by atoms with Gasteiger partial charge in [-0.05, 0) is 55.4 Å². The second kappa shape index (κ2) is 9.15. The number of benzene rings is 1. The molecule has 9 nitrogen and oxygen atoms in total. The van der Waals surface area contributed by atoms with Crippen molar-refractivity contribution in [1.29, 1.82) is 0 Å². The number of fused-ring (bicyclic) bond motifs is 2. The molecule has 3 aromatic heterocycles. The predicted molar refractivity (Wildman–Crippen MR) is 146 cm³/mol. The Morgan fingerprint density at radius 1 is 1.03 bits per heavy atom. The molecule has 0 radical (unpaired) electrons. The molecule has 1 fully saturated rings. The maximum absolute atomic E-state index is 12.0. The molecule has 2 N–H and O–H groups in total. The predicted octanol–water partition coefficient (Wildman–Crippen LogP) is 3.50. The first-order valence-corrected chi connectivity index (χ1v) is 14.7. The zero-order valence-electron chi connectivity index (χ0n) is 20.4. The maximum Gasteiger partial charge on any atom is 0.229 e. The number of nitrogens with zero attached hydrogens (tertiary/aromatic N) is 5. The van der Waals surface area contributed by atoms with E-state index >= 15 is 0 Å². The van der Waals surface area contributed by atoms with E-state index in [1.807, 2.05) is 12.3 Å². The molecule has 0 amide bonds. The lowest BCUT2D eigenvalue weighted by atomic mass is 10.1. The Morgan fingerprint density at radius 2 is 1.81 bits per heavy atom. The summed E-state index contributed by atoms with van der Waals surface area (Å²) in [7, 11) is -1.05. The molecular formula is C25H29N7O2S2. The van der Waals surface area contributed by atoms with Crippen LogP contribution >= 0.6 is 11.3 Å². The standard InChI is InChI=1S/C25H29N7O2S2/c1-30-11-13-31(14-12-30)19-5-3-18(4-6-19)27-25-28-23(20-7-9-26-24(20)29-25)22-15-17-16-32(36(2,33)34)10-8-21(17)35-22/h3-7,9,15H,8,10-14,16H2,1-2H3,(H2,26,27,28,29). The van der Waals surface area contributed by atoms with Gasteiger partial charge >= 0.3 is 0 Å². The van der Waals surface area contributed by atoms with Crippen LogP contribution in [0.25, 0.3) is 21.6 Å². The number of sulfonamides is 1. The van der Waals surface area contributed by atoms with Gasteiger partial charge in [0.05, 0.1) is 16.8 Å². The van der Waals surface area contributed by atoms with Gasteiger partial charge < -0.3 is 20.1 Å². The largest absolute Gasteiger partial charge is 0.369 e. The first kappa shape index (κ1) is 23.4. The highest BCUT2D eigenvalue weighted by atomic mass is 32.2. The van der Waals surface area contributed by atoms with E-state index in [4.69, 9.17) is 4.98 Å². The fourth-order valence-electron chi connectivity index (χ4n) is 4.84. The molecule has 11 heteroatoms. The lowest BCUT2D eigenvalue weighted by Crippen LogP contribution is -2.44. The Bertz CT molecular complexity index is 1500. The fraction of sp³-hybridized carbons (Fsp3) is 0.360. The number of nitrogens with one attached hydrogen (secondary N) is 2. The third-order valence-electron chi connectivity index (χ3n) is 6.94. The van der Waals surface area contributed by atoms with Gasteiger partial charge in [0.15, 0.2) is 0 Å². The number of thiophene rings is 1. The Hall–Kier alpha value is -2.99. The zero-order chi connectivity index (χ0) is 24.9.